The second-order valence-corrected chi connectivity index (χ2v) is 6.95. The molecule has 0 saturated carbocycles. The zero-order valence-corrected chi connectivity index (χ0v) is 15.1. The fraction of sp³-hybridized carbons (Fsp3) is 0.526. The molecule has 6 heteroatoms. The Bertz CT molecular complexity index is 739. The average Bonchev–Trinajstić information content (AvgIpc) is 2.96. The summed E-state index contributed by atoms with van der Waals surface area (Å²) in [6, 6.07) is 8.70. The van der Waals surface area contributed by atoms with Crippen molar-refractivity contribution in [3.63, 3.8) is 0 Å². The van der Waals surface area contributed by atoms with Crippen molar-refractivity contribution in [2.75, 3.05) is 13.6 Å². The van der Waals surface area contributed by atoms with Crippen LogP contribution in [0.25, 0.3) is 5.69 Å². The Kier molecular flexibility index (Phi) is 5.48. The fourth-order valence-electron chi connectivity index (χ4n) is 3.58. The van der Waals surface area contributed by atoms with E-state index in [1.807, 2.05) is 22.9 Å². The first-order valence-corrected chi connectivity index (χ1v) is 9.04. The highest BCUT2D eigenvalue weighted by molar-refractivity contribution is 5.75. The van der Waals surface area contributed by atoms with Gasteiger partial charge in [0.25, 0.3) is 0 Å². The molecule has 134 valence electrons. The van der Waals surface area contributed by atoms with E-state index in [4.69, 9.17) is 5.73 Å². The van der Waals surface area contributed by atoms with Crippen LogP contribution in [-0.2, 0) is 17.6 Å². The van der Waals surface area contributed by atoms with Gasteiger partial charge in [-0.05, 0) is 51.4 Å². The molecule has 2 heterocycles. The summed E-state index contributed by atoms with van der Waals surface area (Å²) in [7, 11) is 2.20. The molecule has 0 unspecified atom stereocenters. The number of benzene rings is 1. The predicted octanol–water partition coefficient (Wildman–Crippen LogP) is 2.02. The van der Waals surface area contributed by atoms with E-state index in [0.717, 1.165) is 29.9 Å². The minimum atomic E-state index is -0.402. The highest BCUT2D eigenvalue weighted by atomic mass is 16.1. The van der Waals surface area contributed by atoms with Gasteiger partial charge >= 0.3 is 0 Å². The largest absolute Gasteiger partial charge is 0.369 e. The van der Waals surface area contributed by atoms with Crippen LogP contribution in [-0.4, -0.2) is 45.2 Å². The van der Waals surface area contributed by atoms with Gasteiger partial charge in [0.05, 0.1) is 12.1 Å². The van der Waals surface area contributed by atoms with Crippen molar-refractivity contribution in [2.45, 2.75) is 51.5 Å². The molecule has 1 atom stereocenters. The van der Waals surface area contributed by atoms with E-state index < -0.39 is 5.91 Å². The van der Waals surface area contributed by atoms with Gasteiger partial charge in [-0.3, -0.25) is 4.79 Å². The SMILES string of the molecule is Cc1ccccc1-n1nc(CC(N)=O)nc1CC[C@H]1CCCCN1C. The van der Waals surface area contributed by atoms with E-state index in [-0.39, 0.29) is 6.42 Å². The highest BCUT2D eigenvalue weighted by Crippen LogP contribution is 2.21. The van der Waals surface area contributed by atoms with E-state index in [1.54, 1.807) is 0 Å². The van der Waals surface area contributed by atoms with E-state index in [1.165, 1.54) is 25.8 Å². The van der Waals surface area contributed by atoms with Crippen LogP contribution in [0.5, 0.6) is 0 Å². The molecule has 3 rings (SSSR count). The fourth-order valence-corrected chi connectivity index (χ4v) is 3.58. The van der Waals surface area contributed by atoms with Crippen molar-refractivity contribution < 1.29 is 4.79 Å². The van der Waals surface area contributed by atoms with Gasteiger partial charge in [-0.25, -0.2) is 9.67 Å². The summed E-state index contributed by atoms with van der Waals surface area (Å²) in [5, 5.41) is 4.56. The number of aromatic nitrogens is 3. The zero-order valence-electron chi connectivity index (χ0n) is 15.1. The number of carbonyl (C=O) groups is 1. The Hall–Kier alpha value is -2.21. The number of rotatable bonds is 6. The normalized spacial score (nSPS) is 18.4. The average molecular weight is 341 g/mol. The van der Waals surface area contributed by atoms with Gasteiger partial charge in [-0.2, -0.15) is 5.10 Å². The topological polar surface area (TPSA) is 77.0 Å². The Morgan fingerprint density at radius 1 is 1.32 bits per heavy atom. The number of aryl methyl sites for hydroxylation is 2. The molecule has 1 saturated heterocycles. The van der Waals surface area contributed by atoms with Crippen molar-refractivity contribution in [3.05, 3.63) is 41.5 Å². The number of likely N-dealkylation sites (tertiary alicyclic amines) is 1. The number of nitrogens with zero attached hydrogens (tertiary/aromatic N) is 4. The number of carbonyl (C=O) groups excluding carboxylic acids is 1. The molecule has 6 nitrogen and oxygen atoms in total. The lowest BCUT2D eigenvalue weighted by Gasteiger charge is -2.32. The van der Waals surface area contributed by atoms with E-state index in [0.29, 0.717) is 11.9 Å². The smallest absolute Gasteiger partial charge is 0.225 e. The van der Waals surface area contributed by atoms with Gasteiger partial charge in [-0.1, -0.05) is 24.6 Å². The second-order valence-electron chi connectivity index (χ2n) is 6.95. The molecule has 1 aliphatic heterocycles. The summed E-state index contributed by atoms with van der Waals surface area (Å²) in [6.45, 7) is 3.23. The number of nitrogens with two attached hydrogens (primary N) is 1. The van der Waals surface area contributed by atoms with E-state index in [9.17, 15) is 4.79 Å². The van der Waals surface area contributed by atoms with Crippen LogP contribution in [0.15, 0.2) is 24.3 Å². The first kappa shape index (κ1) is 17.6. The number of hydrogen-bond acceptors (Lipinski definition) is 4. The van der Waals surface area contributed by atoms with Crippen molar-refractivity contribution in [2.24, 2.45) is 5.73 Å². The third kappa shape index (κ3) is 4.25. The summed E-state index contributed by atoms with van der Waals surface area (Å²) >= 11 is 0. The van der Waals surface area contributed by atoms with E-state index in [2.05, 4.69) is 35.0 Å². The molecular formula is C19H27N5O. The first-order valence-electron chi connectivity index (χ1n) is 9.04. The first-order chi connectivity index (χ1) is 12.0. The minimum Gasteiger partial charge on any atom is -0.369 e. The summed E-state index contributed by atoms with van der Waals surface area (Å²) in [5.74, 6) is 1.01. The lowest BCUT2D eigenvalue weighted by Crippen LogP contribution is -2.36. The Morgan fingerprint density at radius 2 is 2.12 bits per heavy atom. The van der Waals surface area contributed by atoms with Crippen LogP contribution < -0.4 is 5.73 Å². The zero-order chi connectivity index (χ0) is 17.8. The van der Waals surface area contributed by atoms with Crippen LogP contribution >= 0.6 is 0 Å². The number of para-hydroxylation sites is 1. The van der Waals surface area contributed by atoms with Crippen molar-refractivity contribution in [1.82, 2.24) is 19.7 Å². The monoisotopic (exact) mass is 341 g/mol. The second kappa shape index (κ2) is 7.78. The number of primary amides is 1. The molecule has 1 amide bonds. The van der Waals surface area contributed by atoms with Crippen LogP contribution in [0.1, 0.15) is 42.9 Å². The van der Waals surface area contributed by atoms with Crippen LogP contribution in [0, 0.1) is 6.92 Å². The molecular weight excluding hydrogens is 314 g/mol. The molecule has 0 aliphatic carbocycles. The van der Waals surface area contributed by atoms with E-state index >= 15 is 0 Å². The maximum Gasteiger partial charge on any atom is 0.225 e. The number of hydrogen-bond donors (Lipinski definition) is 1. The molecule has 1 aromatic carbocycles. The van der Waals surface area contributed by atoms with Crippen LogP contribution in [0.2, 0.25) is 0 Å². The Labute approximate surface area is 149 Å². The molecule has 0 spiro atoms. The third-order valence-corrected chi connectivity index (χ3v) is 5.02. The molecule has 1 aromatic heterocycles. The minimum absolute atomic E-state index is 0.0786. The number of piperidine rings is 1. The van der Waals surface area contributed by atoms with Gasteiger partial charge in [-0.15, -0.1) is 0 Å². The Morgan fingerprint density at radius 3 is 2.84 bits per heavy atom. The maximum absolute atomic E-state index is 11.3. The Balaban J connectivity index is 1.84. The van der Waals surface area contributed by atoms with Crippen molar-refractivity contribution in [3.8, 4) is 5.69 Å². The lowest BCUT2D eigenvalue weighted by atomic mass is 9.98. The molecule has 1 aliphatic rings. The quantitative estimate of drug-likeness (QED) is 0.872. The molecule has 0 radical (unpaired) electrons. The highest BCUT2D eigenvalue weighted by Gasteiger charge is 2.21. The summed E-state index contributed by atoms with van der Waals surface area (Å²) < 4.78 is 1.89. The summed E-state index contributed by atoms with van der Waals surface area (Å²) in [4.78, 5) is 18.3. The predicted molar refractivity (Wildman–Crippen MR) is 97.6 cm³/mol. The lowest BCUT2D eigenvalue weighted by molar-refractivity contribution is -0.117. The molecule has 2 aromatic rings. The van der Waals surface area contributed by atoms with Crippen molar-refractivity contribution >= 4 is 5.91 Å². The molecule has 1 fully saturated rings. The molecule has 25 heavy (non-hydrogen) atoms. The van der Waals surface area contributed by atoms with Gasteiger partial charge in [0, 0.05) is 12.5 Å². The van der Waals surface area contributed by atoms with Crippen molar-refractivity contribution in [1.29, 1.82) is 0 Å². The standard InChI is InChI=1S/C19H27N5O/c1-14-7-3-4-9-16(14)24-19(21-18(22-24)13-17(20)25)11-10-15-8-5-6-12-23(15)2/h3-4,7,9,15H,5-6,8,10-13H2,1-2H3,(H2,20,25)/t15-/m1/s1. The van der Waals surface area contributed by atoms with Crippen LogP contribution in [0.3, 0.4) is 0 Å². The van der Waals surface area contributed by atoms with Crippen LogP contribution in [0.4, 0.5) is 0 Å². The maximum atomic E-state index is 11.3. The third-order valence-electron chi connectivity index (χ3n) is 5.02. The summed E-state index contributed by atoms with van der Waals surface area (Å²) in [6.07, 6.45) is 5.80. The van der Waals surface area contributed by atoms with Gasteiger partial charge in [0.2, 0.25) is 5.91 Å². The molecule has 0 bridgehead atoms. The van der Waals surface area contributed by atoms with Gasteiger partial charge in [0.15, 0.2) is 5.82 Å². The number of amides is 1. The molecule has 2 N–H and O–H groups in total. The van der Waals surface area contributed by atoms with Gasteiger partial charge < -0.3 is 10.6 Å². The van der Waals surface area contributed by atoms with Gasteiger partial charge in [0.1, 0.15) is 5.82 Å². The summed E-state index contributed by atoms with van der Waals surface area (Å²) in [5.41, 5.74) is 7.47.